The van der Waals surface area contributed by atoms with Crippen LogP contribution in [0.25, 0.3) is 28.2 Å². The minimum absolute atomic E-state index is 1.04. The molecule has 26 heavy (non-hydrogen) atoms. The van der Waals surface area contributed by atoms with Gasteiger partial charge in [-0.05, 0) is 49.1 Å². The minimum Gasteiger partial charge on any atom is -0.265 e. The van der Waals surface area contributed by atoms with Crippen LogP contribution in [0, 0.1) is 0 Å². The molecule has 5 rings (SSSR count). The standard InChI is InChI=1S/C23H19N3/c1-2-9-19(10-3-1)26-23(18-13-15-24-16-14-18)21-12-6-8-17-7-4-5-11-20(17)22(21)25-26/h1-5,7,9-11,13-16H,6,8,12H2. The maximum absolute atomic E-state index is 5.09. The van der Waals surface area contributed by atoms with Crippen molar-refractivity contribution in [3.05, 3.63) is 90.3 Å². The number of hydrogen-bond donors (Lipinski definition) is 0. The first-order chi connectivity index (χ1) is 12.9. The molecule has 0 fully saturated rings. The Morgan fingerprint density at radius 2 is 1.54 bits per heavy atom. The molecule has 0 bridgehead atoms. The van der Waals surface area contributed by atoms with E-state index < -0.39 is 0 Å². The molecule has 0 unspecified atom stereocenters. The van der Waals surface area contributed by atoms with Crippen molar-refractivity contribution in [2.45, 2.75) is 19.3 Å². The molecule has 0 N–H and O–H groups in total. The third kappa shape index (κ3) is 2.44. The predicted octanol–water partition coefficient (Wildman–Crippen LogP) is 5.09. The van der Waals surface area contributed by atoms with Crippen LogP contribution in [-0.2, 0) is 12.8 Å². The first-order valence-corrected chi connectivity index (χ1v) is 9.08. The fourth-order valence-corrected chi connectivity index (χ4v) is 3.89. The number of hydrogen-bond acceptors (Lipinski definition) is 2. The van der Waals surface area contributed by atoms with Crippen molar-refractivity contribution >= 4 is 0 Å². The highest BCUT2D eigenvalue weighted by Gasteiger charge is 2.24. The van der Waals surface area contributed by atoms with Crippen molar-refractivity contribution in [1.29, 1.82) is 0 Å². The SMILES string of the molecule is c1ccc(-n2nc3c(c2-c2ccncc2)CCCc2ccccc2-3)cc1. The molecule has 0 saturated heterocycles. The average molecular weight is 337 g/mol. The summed E-state index contributed by atoms with van der Waals surface area (Å²) in [5.41, 5.74) is 8.56. The summed E-state index contributed by atoms with van der Waals surface area (Å²) < 4.78 is 2.10. The molecular formula is C23H19N3. The summed E-state index contributed by atoms with van der Waals surface area (Å²) in [4.78, 5) is 4.19. The van der Waals surface area contributed by atoms with E-state index in [1.165, 1.54) is 22.4 Å². The molecular weight excluding hydrogens is 318 g/mol. The van der Waals surface area contributed by atoms with E-state index in [2.05, 4.69) is 70.3 Å². The molecule has 4 aromatic rings. The number of benzene rings is 2. The number of aryl methyl sites for hydroxylation is 1. The van der Waals surface area contributed by atoms with Gasteiger partial charge in [-0.1, -0.05) is 42.5 Å². The Bertz CT molecular complexity index is 1050. The van der Waals surface area contributed by atoms with Crippen molar-refractivity contribution in [3.8, 4) is 28.2 Å². The van der Waals surface area contributed by atoms with Gasteiger partial charge in [0.05, 0.1) is 17.1 Å². The van der Waals surface area contributed by atoms with Gasteiger partial charge in [0, 0.05) is 29.1 Å². The quantitative estimate of drug-likeness (QED) is 0.510. The van der Waals surface area contributed by atoms with Gasteiger partial charge in [-0.2, -0.15) is 5.10 Å². The monoisotopic (exact) mass is 337 g/mol. The molecule has 0 saturated carbocycles. The molecule has 2 aromatic heterocycles. The Hall–Kier alpha value is -3.20. The lowest BCUT2D eigenvalue weighted by molar-refractivity contribution is 0.829. The fourth-order valence-electron chi connectivity index (χ4n) is 3.89. The van der Waals surface area contributed by atoms with E-state index in [1.807, 2.05) is 18.5 Å². The Morgan fingerprint density at radius 3 is 2.38 bits per heavy atom. The van der Waals surface area contributed by atoms with Crippen LogP contribution in [0.15, 0.2) is 79.1 Å². The highest BCUT2D eigenvalue weighted by molar-refractivity contribution is 5.78. The van der Waals surface area contributed by atoms with E-state index in [9.17, 15) is 0 Å². The Morgan fingerprint density at radius 1 is 0.769 bits per heavy atom. The number of pyridine rings is 1. The van der Waals surface area contributed by atoms with Gasteiger partial charge in [0.1, 0.15) is 0 Å². The Labute approximate surface area is 153 Å². The van der Waals surface area contributed by atoms with Gasteiger partial charge < -0.3 is 0 Å². The maximum atomic E-state index is 5.09. The minimum atomic E-state index is 1.04. The molecule has 0 spiro atoms. The molecule has 2 aromatic carbocycles. The summed E-state index contributed by atoms with van der Waals surface area (Å²) in [5.74, 6) is 0. The van der Waals surface area contributed by atoms with E-state index >= 15 is 0 Å². The third-order valence-corrected chi connectivity index (χ3v) is 5.08. The maximum Gasteiger partial charge on any atom is 0.0968 e. The zero-order chi connectivity index (χ0) is 17.3. The van der Waals surface area contributed by atoms with Gasteiger partial charge in [-0.25, -0.2) is 4.68 Å². The molecule has 0 amide bonds. The van der Waals surface area contributed by atoms with Crippen LogP contribution >= 0.6 is 0 Å². The lowest BCUT2D eigenvalue weighted by atomic mass is 10.00. The van der Waals surface area contributed by atoms with Crippen LogP contribution in [0.1, 0.15) is 17.5 Å². The van der Waals surface area contributed by atoms with Crippen LogP contribution in [0.2, 0.25) is 0 Å². The number of nitrogens with zero attached hydrogens (tertiary/aromatic N) is 3. The topological polar surface area (TPSA) is 30.7 Å². The lowest BCUT2D eigenvalue weighted by Crippen LogP contribution is -2.00. The van der Waals surface area contributed by atoms with Crippen molar-refractivity contribution in [2.75, 3.05) is 0 Å². The zero-order valence-electron chi connectivity index (χ0n) is 14.5. The second-order valence-corrected chi connectivity index (χ2v) is 6.67. The van der Waals surface area contributed by atoms with Crippen molar-refractivity contribution in [2.24, 2.45) is 0 Å². The van der Waals surface area contributed by atoms with Crippen molar-refractivity contribution in [1.82, 2.24) is 14.8 Å². The predicted molar refractivity (Wildman–Crippen MR) is 104 cm³/mol. The van der Waals surface area contributed by atoms with Crippen LogP contribution in [0.5, 0.6) is 0 Å². The third-order valence-electron chi connectivity index (χ3n) is 5.08. The van der Waals surface area contributed by atoms with Gasteiger partial charge >= 0.3 is 0 Å². The van der Waals surface area contributed by atoms with Crippen LogP contribution in [0.3, 0.4) is 0 Å². The summed E-state index contributed by atoms with van der Waals surface area (Å²) in [5, 5.41) is 5.09. The first kappa shape index (κ1) is 15.1. The van der Waals surface area contributed by atoms with E-state index in [4.69, 9.17) is 5.10 Å². The summed E-state index contributed by atoms with van der Waals surface area (Å²) in [6.07, 6.45) is 6.99. The molecule has 126 valence electrons. The van der Waals surface area contributed by atoms with Crippen LogP contribution in [-0.4, -0.2) is 14.8 Å². The fraction of sp³-hybridized carbons (Fsp3) is 0.130. The summed E-state index contributed by atoms with van der Waals surface area (Å²) in [6, 6.07) is 23.2. The van der Waals surface area contributed by atoms with Crippen LogP contribution < -0.4 is 0 Å². The van der Waals surface area contributed by atoms with Crippen LogP contribution in [0.4, 0.5) is 0 Å². The first-order valence-electron chi connectivity index (χ1n) is 9.08. The van der Waals surface area contributed by atoms with E-state index in [0.717, 1.165) is 36.2 Å². The Kier molecular flexibility index (Phi) is 3.64. The van der Waals surface area contributed by atoms with E-state index in [1.54, 1.807) is 0 Å². The van der Waals surface area contributed by atoms with Crippen molar-refractivity contribution < 1.29 is 0 Å². The molecule has 3 nitrogen and oxygen atoms in total. The van der Waals surface area contributed by atoms with E-state index in [0.29, 0.717) is 0 Å². The number of rotatable bonds is 2. The summed E-state index contributed by atoms with van der Waals surface area (Å²) in [7, 11) is 0. The highest BCUT2D eigenvalue weighted by Crippen LogP contribution is 2.38. The number of aromatic nitrogens is 3. The van der Waals surface area contributed by atoms with Gasteiger partial charge in [0.15, 0.2) is 0 Å². The molecule has 0 aliphatic heterocycles. The molecule has 0 radical (unpaired) electrons. The highest BCUT2D eigenvalue weighted by atomic mass is 15.3. The second-order valence-electron chi connectivity index (χ2n) is 6.67. The average Bonchev–Trinajstić information content (AvgIpc) is 2.99. The van der Waals surface area contributed by atoms with Gasteiger partial charge in [0.25, 0.3) is 0 Å². The second kappa shape index (κ2) is 6.26. The molecule has 1 aliphatic rings. The van der Waals surface area contributed by atoms with Gasteiger partial charge in [0.2, 0.25) is 0 Å². The molecule has 2 heterocycles. The molecule has 1 aliphatic carbocycles. The summed E-state index contributed by atoms with van der Waals surface area (Å²) in [6.45, 7) is 0. The largest absolute Gasteiger partial charge is 0.265 e. The number of fused-ring (bicyclic) bond motifs is 3. The van der Waals surface area contributed by atoms with E-state index in [-0.39, 0.29) is 0 Å². The molecule has 0 atom stereocenters. The summed E-state index contributed by atoms with van der Waals surface area (Å²) >= 11 is 0. The smallest absolute Gasteiger partial charge is 0.0968 e. The molecule has 3 heteroatoms. The Balaban J connectivity index is 1.83. The number of para-hydroxylation sites is 1. The van der Waals surface area contributed by atoms with Gasteiger partial charge in [-0.15, -0.1) is 0 Å². The lowest BCUT2D eigenvalue weighted by Gasteiger charge is -2.10. The van der Waals surface area contributed by atoms with Crippen molar-refractivity contribution in [3.63, 3.8) is 0 Å². The normalized spacial score (nSPS) is 12.9. The van der Waals surface area contributed by atoms with Gasteiger partial charge in [-0.3, -0.25) is 4.98 Å². The zero-order valence-corrected chi connectivity index (χ0v) is 14.5.